The lowest BCUT2D eigenvalue weighted by molar-refractivity contribution is 0.269. The Bertz CT molecular complexity index is 545. The zero-order valence-electron chi connectivity index (χ0n) is 12.1. The fourth-order valence-corrected chi connectivity index (χ4v) is 3.86. The molecule has 0 bridgehead atoms. The van der Waals surface area contributed by atoms with E-state index in [4.69, 9.17) is 0 Å². The van der Waals surface area contributed by atoms with Crippen molar-refractivity contribution in [3.63, 3.8) is 0 Å². The van der Waals surface area contributed by atoms with Crippen LogP contribution in [0.4, 0.5) is 4.39 Å². The van der Waals surface area contributed by atoms with Crippen molar-refractivity contribution in [1.29, 1.82) is 0 Å². The van der Waals surface area contributed by atoms with Crippen molar-refractivity contribution in [3.8, 4) is 0 Å². The predicted molar refractivity (Wildman–Crippen MR) is 74.9 cm³/mol. The summed E-state index contributed by atoms with van der Waals surface area (Å²) in [5.41, 5.74) is -0.600. The van der Waals surface area contributed by atoms with Crippen molar-refractivity contribution >= 4 is 10.0 Å². The number of sulfonamides is 1. The highest BCUT2D eigenvalue weighted by atomic mass is 32.2. The average molecular weight is 287 g/mol. The van der Waals surface area contributed by atoms with Gasteiger partial charge in [-0.15, -0.1) is 0 Å². The Morgan fingerprint density at radius 1 is 1.16 bits per heavy atom. The Morgan fingerprint density at radius 2 is 1.74 bits per heavy atom. The van der Waals surface area contributed by atoms with Gasteiger partial charge in [-0.1, -0.05) is 26.8 Å². The summed E-state index contributed by atoms with van der Waals surface area (Å²) >= 11 is 0. The highest BCUT2D eigenvalue weighted by Gasteiger charge is 2.30. The van der Waals surface area contributed by atoms with E-state index in [0.29, 0.717) is 6.42 Å². The van der Waals surface area contributed by atoms with Crippen molar-refractivity contribution in [2.24, 2.45) is 5.41 Å². The molecule has 0 spiro atoms. The number of nitrogens with one attached hydrogen (secondary N) is 1. The van der Waals surface area contributed by atoms with Gasteiger partial charge in [-0.3, -0.25) is 0 Å². The lowest BCUT2D eigenvalue weighted by Gasteiger charge is -2.32. The van der Waals surface area contributed by atoms with Crippen LogP contribution in [0, 0.1) is 11.2 Å². The Kier molecular flexibility index (Phi) is 4.42. The maximum Gasteiger partial charge on any atom is 0.241 e. The van der Waals surface area contributed by atoms with Crippen LogP contribution in [0.2, 0.25) is 0 Å². The monoisotopic (exact) mass is 287 g/mol. The number of benzene rings is 1. The van der Waals surface area contributed by atoms with Gasteiger partial charge in [0, 0.05) is 5.54 Å². The van der Waals surface area contributed by atoms with Crippen molar-refractivity contribution in [2.45, 2.75) is 51.5 Å². The first kappa shape index (κ1) is 16.1. The molecule has 0 atom stereocenters. The van der Waals surface area contributed by atoms with Crippen molar-refractivity contribution in [1.82, 2.24) is 4.72 Å². The maximum absolute atomic E-state index is 13.1. The molecule has 0 aliphatic heterocycles. The van der Waals surface area contributed by atoms with E-state index in [1.54, 1.807) is 0 Å². The summed E-state index contributed by atoms with van der Waals surface area (Å²) in [6, 6.07) is 5.02. The smallest absolute Gasteiger partial charge is 0.207 e. The second kappa shape index (κ2) is 5.21. The molecule has 0 heterocycles. The van der Waals surface area contributed by atoms with Crippen LogP contribution in [-0.4, -0.2) is 14.0 Å². The van der Waals surface area contributed by atoms with E-state index >= 15 is 0 Å². The van der Waals surface area contributed by atoms with Gasteiger partial charge in [0.25, 0.3) is 0 Å². The van der Waals surface area contributed by atoms with Crippen molar-refractivity contribution < 1.29 is 12.8 Å². The van der Waals surface area contributed by atoms with Gasteiger partial charge < -0.3 is 0 Å². The summed E-state index contributed by atoms with van der Waals surface area (Å²) in [5, 5.41) is 0. The first-order valence-corrected chi connectivity index (χ1v) is 7.69. The molecule has 3 nitrogen and oxygen atoms in total. The molecule has 0 amide bonds. The van der Waals surface area contributed by atoms with Crippen LogP contribution in [0.15, 0.2) is 29.2 Å². The molecule has 0 fully saturated rings. The minimum atomic E-state index is -3.70. The van der Waals surface area contributed by atoms with Crippen LogP contribution in [0.25, 0.3) is 0 Å². The zero-order valence-corrected chi connectivity index (χ0v) is 12.9. The lowest BCUT2D eigenvalue weighted by atomic mass is 9.82. The normalized spacial score (nSPS) is 13.6. The molecule has 0 unspecified atom stereocenters. The van der Waals surface area contributed by atoms with Gasteiger partial charge in [-0.25, -0.2) is 17.5 Å². The van der Waals surface area contributed by atoms with Crippen LogP contribution in [0.3, 0.4) is 0 Å². The van der Waals surface area contributed by atoms with E-state index in [9.17, 15) is 12.8 Å². The summed E-state index contributed by atoms with van der Waals surface area (Å²) in [6.07, 6.45) is 0.675. The van der Waals surface area contributed by atoms with Crippen molar-refractivity contribution in [3.05, 3.63) is 30.1 Å². The van der Waals surface area contributed by atoms with Crippen molar-refractivity contribution in [2.75, 3.05) is 0 Å². The van der Waals surface area contributed by atoms with Crippen LogP contribution in [0.5, 0.6) is 0 Å². The molecule has 1 aromatic carbocycles. The topological polar surface area (TPSA) is 46.2 Å². The van der Waals surface area contributed by atoms with Gasteiger partial charge in [0.2, 0.25) is 10.0 Å². The fraction of sp³-hybridized carbons (Fsp3) is 0.571. The first-order valence-electron chi connectivity index (χ1n) is 6.21. The maximum atomic E-state index is 13.1. The minimum Gasteiger partial charge on any atom is -0.207 e. The molecule has 19 heavy (non-hydrogen) atoms. The molecule has 0 saturated carbocycles. The summed E-state index contributed by atoms with van der Waals surface area (Å²) in [7, 11) is -3.70. The largest absolute Gasteiger partial charge is 0.241 e. The first-order chi connectivity index (χ1) is 8.41. The van der Waals surface area contributed by atoms with E-state index < -0.39 is 21.4 Å². The Balaban J connectivity index is 2.97. The van der Waals surface area contributed by atoms with Gasteiger partial charge in [0.15, 0.2) is 0 Å². The number of hydrogen-bond donors (Lipinski definition) is 1. The third kappa shape index (κ3) is 5.28. The number of rotatable bonds is 4. The quantitative estimate of drug-likeness (QED) is 0.923. The molecule has 0 radical (unpaired) electrons. The van der Waals surface area contributed by atoms with Crippen LogP contribution in [0.1, 0.15) is 41.0 Å². The summed E-state index contributed by atoms with van der Waals surface area (Å²) < 4.78 is 40.2. The molecule has 0 saturated heterocycles. The van der Waals surface area contributed by atoms with Gasteiger partial charge in [-0.05, 0) is 43.9 Å². The zero-order chi connectivity index (χ0) is 14.9. The molecule has 1 aromatic rings. The van der Waals surface area contributed by atoms with Gasteiger partial charge in [0.1, 0.15) is 5.82 Å². The van der Waals surface area contributed by atoms with Crippen LogP contribution in [-0.2, 0) is 10.0 Å². The minimum absolute atomic E-state index is 0.00599. The Labute approximate surface area is 115 Å². The molecule has 0 aromatic heterocycles. The molecular weight excluding hydrogens is 265 g/mol. The summed E-state index contributed by atoms with van der Waals surface area (Å²) in [4.78, 5) is -0.0468. The Hall–Kier alpha value is -0.940. The molecule has 1 rings (SSSR count). The number of halogens is 1. The molecule has 108 valence electrons. The highest BCUT2D eigenvalue weighted by molar-refractivity contribution is 7.89. The standard InChI is InChI=1S/C14H22FNO2S/c1-13(2,3)10-14(4,5)16-19(17,18)12-8-6-7-11(15)9-12/h6-9,16H,10H2,1-5H3. The molecule has 1 N–H and O–H groups in total. The van der Waals surface area contributed by atoms with Gasteiger partial charge >= 0.3 is 0 Å². The predicted octanol–water partition coefficient (Wildman–Crippen LogP) is 3.32. The van der Waals surface area contributed by atoms with E-state index in [2.05, 4.69) is 4.72 Å². The Morgan fingerprint density at radius 3 is 2.21 bits per heavy atom. The molecule has 0 aliphatic carbocycles. The van der Waals surface area contributed by atoms with E-state index in [-0.39, 0.29) is 10.3 Å². The molecule has 5 heteroatoms. The average Bonchev–Trinajstić information content (AvgIpc) is 2.11. The lowest BCUT2D eigenvalue weighted by Crippen LogP contribution is -2.45. The summed E-state index contributed by atoms with van der Waals surface area (Å²) in [6.45, 7) is 9.80. The summed E-state index contributed by atoms with van der Waals surface area (Å²) in [5.74, 6) is -0.559. The molecule has 0 aliphatic rings. The van der Waals surface area contributed by atoms with Crippen LogP contribution < -0.4 is 4.72 Å². The van der Waals surface area contributed by atoms with E-state index in [1.807, 2.05) is 34.6 Å². The highest BCUT2D eigenvalue weighted by Crippen LogP contribution is 2.28. The van der Waals surface area contributed by atoms with Gasteiger partial charge in [-0.2, -0.15) is 0 Å². The third-order valence-electron chi connectivity index (χ3n) is 2.49. The van der Waals surface area contributed by atoms with Crippen LogP contribution >= 0.6 is 0 Å². The third-order valence-corrected chi connectivity index (χ3v) is 4.19. The molecular formula is C14H22FNO2S. The second-order valence-corrected chi connectivity index (χ2v) is 8.37. The fourth-order valence-electron chi connectivity index (χ4n) is 2.42. The second-order valence-electron chi connectivity index (χ2n) is 6.68. The SMILES string of the molecule is CC(C)(C)CC(C)(C)NS(=O)(=O)c1cccc(F)c1. The van der Waals surface area contributed by atoms with E-state index in [1.165, 1.54) is 18.2 Å². The number of hydrogen-bond acceptors (Lipinski definition) is 2. The van der Waals surface area contributed by atoms with Gasteiger partial charge in [0.05, 0.1) is 4.90 Å². The van der Waals surface area contributed by atoms with E-state index in [0.717, 1.165) is 6.07 Å².